The van der Waals surface area contributed by atoms with Gasteiger partial charge in [0.25, 0.3) is 0 Å². The number of hydrogen-bond donors (Lipinski definition) is 0. The molecule has 0 aromatic carbocycles. The van der Waals surface area contributed by atoms with E-state index in [0.717, 1.165) is 0 Å². The van der Waals surface area contributed by atoms with Gasteiger partial charge in [0.1, 0.15) is 0 Å². The first-order valence-corrected chi connectivity index (χ1v) is 11.7. The Bertz CT molecular complexity index is 198. The molecule has 0 heterocycles. The molecule has 0 saturated carbocycles. The third-order valence-corrected chi connectivity index (χ3v) is 12.6. The van der Waals surface area contributed by atoms with Gasteiger partial charge < -0.3 is 0 Å². The summed E-state index contributed by atoms with van der Waals surface area (Å²) in [6.07, 6.45) is 11.4. The maximum absolute atomic E-state index is 2.67. The average molecular weight is 285 g/mol. The average Bonchev–Trinajstić information content (AvgIpc) is 2.37. The minimum Gasteiger partial charge on any atom is -0.0656 e. The second-order valence-electron chi connectivity index (χ2n) is 6.94. The van der Waals surface area contributed by atoms with Gasteiger partial charge in [-0.25, -0.2) is 0 Å². The Labute approximate surface area is 124 Å². The van der Waals surface area contributed by atoms with E-state index in [-0.39, 0.29) is 0 Å². The Morgan fingerprint density at radius 3 is 1.42 bits per heavy atom. The second kappa shape index (κ2) is 10.0. The minimum atomic E-state index is -1.11. The van der Waals surface area contributed by atoms with E-state index in [4.69, 9.17) is 0 Å². The Kier molecular flexibility index (Phi) is 10.1. The predicted molar refractivity (Wildman–Crippen MR) is 93.8 cm³/mol. The van der Waals surface area contributed by atoms with Crippen LogP contribution < -0.4 is 0 Å². The van der Waals surface area contributed by atoms with Gasteiger partial charge in [0.15, 0.2) is 0 Å². The molecule has 0 aromatic rings. The summed E-state index contributed by atoms with van der Waals surface area (Å²) < 4.78 is 0. The highest BCUT2D eigenvalue weighted by Crippen LogP contribution is 2.53. The molecule has 0 aliphatic heterocycles. The molecule has 0 spiro atoms. The van der Waals surface area contributed by atoms with Crippen LogP contribution in [0.4, 0.5) is 0 Å². The molecule has 0 atom stereocenters. The highest BCUT2D eigenvalue weighted by atomic mass is 28.3. The zero-order valence-corrected chi connectivity index (χ0v) is 15.8. The van der Waals surface area contributed by atoms with E-state index >= 15 is 0 Å². The van der Waals surface area contributed by atoms with Crippen molar-refractivity contribution in [1.29, 1.82) is 0 Å². The first-order chi connectivity index (χ1) is 9.05. The quantitative estimate of drug-likeness (QED) is 0.327. The number of hydrogen-bond acceptors (Lipinski definition) is 0. The topological polar surface area (TPSA) is 0 Å². The predicted octanol–water partition coefficient (Wildman–Crippen LogP) is 7.42. The third kappa shape index (κ3) is 5.25. The summed E-state index contributed by atoms with van der Waals surface area (Å²) in [5.41, 5.74) is 0. The van der Waals surface area contributed by atoms with Crippen molar-refractivity contribution in [1.82, 2.24) is 0 Å². The SMILES string of the molecule is CCCC[Si](CCC)(CCC)C(C)(CCC)CCC. The van der Waals surface area contributed by atoms with Crippen molar-refractivity contribution in [3.63, 3.8) is 0 Å². The van der Waals surface area contributed by atoms with Crippen molar-refractivity contribution < 1.29 is 0 Å². The van der Waals surface area contributed by atoms with Gasteiger partial charge >= 0.3 is 0 Å². The monoisotopic (exact) mass is 284 g/mol. The lowest BCUT2D eigenvalue weighted by atomic mass is 9.99. The molecule has 0 N–H and O–H groups in total. The molecule has 0 bridgehead atoms. The molecule has 116 valence electrons. The summed E-state index contributed by atoms with van der Waals surface area (Å²) in [7, 11) is -1.11. The molecule has 0 aromatic heterocycles. The van der Waals surface area contributed by atoms with Gasteiger partial charge in [-0.05, 0) is 5.04 Å². The molecule has 0 saturated heterocycles. The van der Waals surface area contributed by atoms with Gasteiger partial charge in [-0.1, -0.05) is 111 Å². The zero-order valence-electron chi connectivity index (χ0n) is 14.8. The molecule has 19 heavy (non-hydrogen) atoms. The van der Waals surface area contributed by atoms with Crippen LogP contribution in [0.1, 0.15) is 92.9 Å². The van der Waals surface area contributed by atoms with E-state index in [1.165, 1.54) is 51.4 Å². The van der Waals surface area contributed by atoms with Crippen LogP contribution in [0.15, 0.2) is 0 Å². The van der Waals surface area contributed by atoms with Gasteiger partial charge in [0.05, 0.1) is 8.07 Å². The standard InChI is InChI=1S/C18H40Si/c1-7-12-17-19(15-10-4,16-11-5)18(6,13-8-2)14-9-3/h7-17H2,1-6H3. The molecule has 0 aliphatic rings. The van der Waals surface area contributed by atoms with Gasteiger partial charge in [-0.3, -0.25) is 0 Å². The van der Waals surface area contributed by atoms with Crippen molar-refractivity contribution in [3.05, 3.63) is 0 Å². The molecule has 0 aliphatic carbocycles. The summed E-state index contributed by atoms with van der Waals surface area (Å²) in [6.45, 7) is 14.7. The van der Waals surface area contributed by atoms with E-state index < -0.39 is 8.07 Å². The van der Waals surface area contributed by atoms with Crippen molar-refractivity contribution in [3.8, 4) is 0 Å². The molecule has 0 rings (SSSR count). The normalized spacial score (nSPS) is 12.9. The van der Waals surface area contributed by atoms with Crippen molar-refractivity contribution in [2.75, 3.05) is 0 Å². The van der Waals surface area contributed by atoms with Gasteiger partial charge in [0.2, 0.25) is 0 Å². The van der Waals surface area contributed by atoms with E-state index in [0.29, 0.717) is 5.04 Å². The first-order valence-electron chi connectivity index (χ1n) is 9.05. The van der Waals surface area contributed by atoms with Crippen LogP contribution >= 0.6 is 0 Å². The molecule has 0 unspecified atom stereocenters. The van der Waals surface area contributed by atoms with Crippen LogP contribution in [-0.4, -0.2) is 8.07 Å². The Morgan fingerprint density at radius 2 is 1.11 bits per heavy atom. The lowest BCUT2D eigenvalue weighted by Gasteiger charge is -2.49. The molecule has 0 fully saturated rings. The van der Waals surface area contributed by atoms with E-state index in [1.807, 2.05) is 0 Å². The third-order valence-electron chi connectivity index (χ3n) is 5.35. The maximum atomic E-state index is 2.67. The van der Waals surface area contributed by atoms with Crippen molar-refractivity contribution in [2.45, 2.75) is 116 Å². The summed E-state index contributed by atoms with van der Waals surface area (Å²) in [4.78, 5) is 0. The van der Waals surface area contributed by atoms with Crippen molar-refractivity contribution in [2.24, 2.45) is 0 Å². The zero-order chi connectivity index (χ0) is 14.8. The molecular weight excluding hydrogens is 244 g/mol. The number of rotatable bonds is 12. The summed E-state index contributed by atoms with van der Waals surface area (Å²) in [5.74, 6) is 0. The molecular formula is C18H40Si. The molecule has 0 amide bonds. The largest absolute Gasteiger partial charge is 0.0656 e. The lowest BCUT2D eigenvalue weighted by Crippen LogP contribution is -2.46. The van der Waals surface area contributed by atoms with Crippen LogP contribution in [0.25, 0.3) is 0 Å². The second-order valence-corrected chi connectivity index (χ2v) is 12.2. The maximum Gasteiger partial charge on any atom is 0.0595 e. The highest BCUT2D eigenvalue weighted by molar-refractivity contribution is 6.82. The van der Waals surface area contributed by atoms with Gasteiger partial charge in [0, 0.05) is 0 Å². The lowest BCUT2D eigenvalue weighted by molar-refractivity contribution is 0.467. The van der Waals surface area contributed by atoms with Crippen LogP contribution in [0, 0.1) is 0 Å². The van der Waals surface area contributed by atoms with Gasteiger partial charge in [-0.15, -0.1) is 0 Å². The van der Waals surface area contributed by atoms with Crippen LogP contribution in [0.3, 0.4) is 0 Å². The Morgan fingerprint density at radius 1 is 0.632 bits per heavy atom. The number of unbranched alkanes of at least 4 members (excludes halogenated alkanes) is 1. The highest BCUT2D eigenvalue weighted by Gasteiger charge is 2.46. The molecule has 1 heteroatoms. The molecule has 0 radical (unpaired) electrons. The van der Waals surface area contributed by atoms with Crippen molar-refractivity contribution >= 4 is 8.07 Å². The smallest absolute Gasteiger partial charge is 0.0595 e. The summed E-state index contributed by atoms with van der Waals surface area (Å²) in [5, 5.41) is 0.706. The van der Waals surface area contributed by atoms with Gasteiger partial charge in [-0.2, -0.15) is 0 Å². The van der Waals surface area contributed by atoms with E-state index in [1.54, 1.807) is 18.1 Å². The first kappa shape index (κ1) is 19.2. The fourth-order valence-electron chi connectivity index (χ4n) is 4.51. The fraction of sp³-hybridized carbons (Fsp3) is 1.00. The summed E-state index contributed by atoms with van der Waals surface area (Å²) in [6, 6.07) is 4.76. The fourth-order valence-corrected chi connectivity index (χ4v) is 11.6. The van der Waals surface area contributed by atoms with E-state index in [2.05, 4.69) is 41.5 Å². The molecule has 0 nitrogen and oxygen atoms in total. The van der Waals surface area contributed by atoms with Crippen LogP contribution in [0.2, 0.25) is 23.2 Å². The van der Waals surface area contributed by atoms with Crippen LogP contribution in [0.5, 0.6) is 0 Å². The Balaban J connectivity index is 5.29. The Hall–Kier alpha value is 0.217. The minimum absolute atomic E-state index is 0.706. The summed E-state index contributed by atoms with van der Waals surface area (Å²) >= 11 is 0. The van der Waals surface area contributed by atoms with Crippen LogP contribution in [-0.2, 0) is 0 Å². The van der Waals surface area contributed by atoms with E-state index in [9.17, 15) is 0 Å².